The highest BCUT2D eigenvalue weighted by Gasteiger charge is 2.33. The fraction of sp³-hybridized carbons (Fsp3) is 0.824. The summed E-state index contributed by atoms with van der Waals surface area (Å²) >= 11 is 1.93. The maximum atomic E-state index is 6.25. The second-order valence-corrected chi connectivity index (χ2v) is 9.05. The van der Waals surface area contributed by atoms with Crippen LogP contribution >= 0.6 is 11.3 Å². The first-order chi connectivity index (χ1) is 10.3. The number of rotatable bonds is 3. The Hall–Kier alpha value is -0.490. The molecule has 1 unspecified atom stereocenters. The molecule has 3 heterocycles. The van der Waals surface area contributed by atoms with E-state index in [1.165, 1.54) is 15.6 Å². The van der Waals surface area contributed by atoms with Gasteiger partial charge >= 0.3 is 0 Å². The van der Waals surface area contributed by atoms with Gasteiger partial charge in [-0.2, -0.15) is 0 Å². The molecule has 0 bridgehead atoms. The summed E-state index contributed by atoms with van der Waals surface area (Å²) in [5.41, 5.74) is 7.81. The monoisotopic (exact) mass is 322 g/mol. The maximum absolute atomic E-state index is 6.25. The van der Waals surface area contributed by atoms with Gasteiger partial charge in [-0.25, -0.2) is 4.98 Å². The minimum Gasteiger partial charge on any atom is -0.327 e. The van der Waals surface area contributed by atoms with E-state index in [1.54, 1.807) is 0 Å². The van der Waals surface area contributed by atoms with E-state index in [4.69, 9.17) is 10.7 Å². The van der Waals surface area contributed by atoms with Crippen molar-refractivity contribution in [3.05, 3.63) is 15.6 Å². The molecular formula is C17H30N4S. The van der Waals surface area contributed by atoms with E-state index in [9.17, 15) is 0 Å². The molecule has 2 N–H and O–H groups in total. The smallest absolute Gasteiger partial charge is 0.107 e. The summed E-state index contributed by atoms with van der Waals surface area (Å²) in [4.78, 5) is 11.5. The summed E-state index contributed by atoms with van der Waals surface area (Å²) in [5, 5.41) is 1.29. The SMILES string of the molecule is CC(C)N1CCc2nc(CN3CCC(N)C(C)(C)C3)sc2C1. The first-order valence-electron chi connectivity index (χ1n) is 8.54. The van der Waals surface area contributed by atoms with Gasteiger partial charge in [-0.05, 0) is 25.7 Å². The van der Waals surface area contributed by atoms with Gasteiger partial charge in [0.25, 0.3) is 0 Å². The van der Waals surface area contributed by atoms with Crippen molar-refractivity contribution in [1.82, 2.24) is 14.8 Å². The minimum absolute atomic E-state index is 0.212. The molecule has 124 valence electrons. The number of nitrogens with zero attached hydrogens (tertiary/aromatic N) is 3. The number of hydrogen-bond acceptors (Lipinski definition) is 5. The average molecular weight is 323 g/mol. The van der Waals surface area contributed by atoms with Crippen LogP contribution in [-0.2, 0) is 19.5 Å². The van der Waals surface area contributed by atoms with Gasteiger partial charge in [0.05, 0.1) is 12.2 Å². The lowest BCUT2D eigenvalue weighted by molar-refractivity contribution is 0.0898. The molecule has 1 fully saturated rings. The van der Waals surface area contributed by atoms with Crippen LogP contribution in [0.4, 0.5) is 0 Å². The molecule has 0 amide bonds. The largest absolute Gasteiger partial charge is 0.327 e. The number of likely N-dealkylation sites (tertiary alicyclic amines) is 1. The molecule has 1 saturated heterocycles. The highest BCUT2D eigenvalue weighted by molar-refractivity contribution is 7.11. The van der Waals surface area contributed by atoms with Crippen molar-refractivity contribution in [2.75, 3.05) is 19.6 Å². The predicted molar refractivity (Wildman–Crippen MR) is 93.0 cm³/mol. The van der Waals surface area contributed by atoms with Gasteiger partial charge in [0, 0.05) is 49.6 Å². The van der Waals surface area contributed by atoms with Crippen molar-refractivity contribution in [3.8, 4) is 0 Å². The van der Waals surface area contributed by atoms with Crippen LogP contribution in [0.2, 0.25) is 0 Å². The minimum atomic E-state index is 0.212. The van der Waals surface area contributed by atoms with Crippen molar-refractivity contribution in [3.63, 3.8) is 0 Å². The number of fused-ring (bicyclic) bond motifs is 1. The van der Waals surface area contributed by atoms with Crippen LogP contribution < -0.4 is 5.73 Å². The second kappa shape index (κ2) is 6.19. The Balaban J connectivity index is 1.65. The van der Waals surface area contributed by atoms with Crippen LogP contribution in [0.3, 0.4) is 0 Å². The summed E-state index contributed by atoms with van der Waals surface area (Å²) in [6.45, 7) is 14.6. The Labute approximate surface area is 138 Å². The van der Waals surface area contributed by atoms with E-state index in [2.05, 4.69) is 37.5 Å². The first-order valence-corrected chi connectivity index (χ1v) is 9.36. The van der Waals surface area contributed by atoms with Crippen LogP contribution in [0.5, 0.6) is 0 Å². The quantitative estimate of drug-likeness (QED) is 0.928. The van der Waals surface area contributed by atoms with Gasteiger partial charge < -0.3 is 5.73 Å². The van der Waals surface area contributed by atoms with E-state index in [0.717, 1.165) is 45.6 Å². The summed E-state index contributed by atoms with van der Waals surface area (Å²) in [6, 6.07) is 0.955. The van der Waals surface area contributed by atoms with Crippen LogP contribution in [0.25, 0.3) is 0 Å². The van der Waals surface area contributed by atoms with Crippen LogP contribution in [0.15, 0.2) is 0 Å². The Kier molecular flexibility index (Phi) is 4.61. The maximum Gasteiger partial charge on any atom is 0.107 e. The van der Waals surface area contributed by atoms with E-state index in [0.29, 0.717) is 12.1 Å². The second-order valence-electron chi connectivity index (χ2n) is 7.89. The highest BCUT2D eigenvalue weighted by Crippen LogP contribution is 2.31. The number of thiazole rings is 1. The predicted octanol–water partition coefficient (Wildman–Crippen LogP) is 2.47. The van der Waals surface area contributed by atoms with Gasteiger partial charge in [-0.3, -0.25) is 9.80 Å². The van der Waals surface area contributed by atoms with Gasteiger partial charge in [-0.1, -0.05) is 13.8 Å². The average Bonchev–Trinajstić information content (AvgIpc) is 2.83. The molecule has 0 spiro atoms. The van der Waals surface area contributed by atoms with Crippen molar-refractivity contribution in [1.29, 1.82) is 0 Å². The highest BCUT2D eigenvalue weighted by atomic mass is 32.1. The lowest BCUT2D eigenvalue weighted by Crippen LogP contribution is -2.52. The van der Waals surface area contributed by atoms with Crippen molar-refractivity contribution in [2.24, 2.45) is 11.1 Å². The van der Waals surface area contributed by atoms with Crippen molar-refractivity contribution >= 4 is 11.3 Å². The number of nitrogens with two attached hydrogens (primary N) is 1. The summed E-state index contributed by atoms with van der Waals surface area (Å²) in [5.74, 6) is 0. The standard InChI is InChI=1S/C17H30N4S/c1-12(2)21-8-5-13-14(9-21)22-16(19-13)10-20-7-6-15(18)17(3,4)11-20/h12,15H,5-11,18H2,1-4H3. The molecule has 3 rings (SSSR count). The van der Waals surface area contributed by atoms with Crippen LogP contribution in [-0.4, -0.2) is 46.5 Å². The number of piperidine rings is 1. The summed E-state index contributed by atoms with van der Waals surface area (Å²) < 4.78 is 0. The van der Waals surface area contributed by atoms with Gasteiger partial charge in [-0.15, -0.1) is 11.3 Å². The zero-order chi connectivity index (χ0) is 15.9. The molecular weight excluding hydrogens is 292 g/mol. The van der Waals surface area contributed by atoms with Crippen molar-refractivity contribution < 1.29 is 0 Å². The molecule has 0 aromatic carbocycles. The molecule has 1 aromatic heterocycles. The Bertz CT molecular complexity index is 523. The molecule has 0 saturated carbocycles. The number of hydrogen-bond donors (Lipinski definition) is 1. The third kappa shape index (κ3) is 3.37. The van der Waals surface area contributed by atoms with E-state index in [-0.39, 0.29) is 5.41 Å². The van der Waals surface area contributed by atoms with Gasteiger partial charge in [0.2, 0.25) is 0 Å². The zero-order valence-electron chi connectivity index (χ0n) is 14.4. The third-order valence-corrected chi connectivity index (χ3v) is 6.35. The topological polar surface area (TPSA) is 45.4 Å². The van der Waals surface area contributed by atoms with E-state index < -0.39 is 0 Å². The molecule has 4 nitrogen and oxygen atoms in total. The summed E-state index contributed by atoms with van der Waals surface area (Å²) in [6.07, 6.45) is 2.21. The molecule has 0 radical (unpaired) electrons. The van der Waals surface area contributed by atoms with Gasteiger partial charge in [0.1, 0.15) is 5.01 Å². The van der Waals surface area contributed by atoms with Crippen molar-refractivity contribution in [2.45, 2.75) is 65.7 Å². The van der Waals surface area contributed by atoms with E-state index in [1.807, 2.05) is 11.3 Å². The van der Waals surface area contributed by atoms with Gasteiger partial charge in [0.15, 0.2) is 0 Å². The fourth-order valence-corrected chi connectivity index (χ4v) is 4.77. The molecule has 2 aliphatic rings. The Morgan fingerprint density at radius 1 is 1.36 bits per heavy atom. The molecule has 0 aliphatic carbocycles. The van der Waals surface area contributed by atoms with Crippen LogP contribution in [0.1, 0.15) is 49.7 Å². The molecule has 22 heavy (non-hydrogen) atoms. The first kappa shape index (κ1) is 16.4. The molecule has 1 atom stereocenters. The molecule has 5 heteroatoms. The fourth-order valence-electron chi connectivity index (χ4n) is 3.59. The van der Waals surface area contributed by atoms with Crippen LogP contribution in [0, 0.1) is 5.41 Å². The Morgan fingerprint density at radius 3 is 2.82 bits per heavy atom. The zero-order valence-corrected chi connectivity index (χ0v) is 15.2. The lowest BCUT2D eigenvalue weighted by atomic mass is 9.80. The lowest BCUT2D eigenvalue weighted by Gasteiger charge is -2.42. The number of aromatic nitrogens is 1. The molecule has 1 aromatic rings. The molecule has 2 aliphatic heterocycles. The third-order valence-electron chi connectivity index (χ3n) is 5.29. The Morgan fingerprint density at radius 2 is 2.14 bits per heavy atom. The summed E-state index contributed by atoms with van der Waals surface area (Å²) in [7, 11) is 0. The van der Waals surface area contributed by atoms with E-state index >= 15 is 0 Å². The normalized spacial score (nSPS) is 26.4.